The molecule has 0 saturated carbocycles. The van der Waals surface area contributed by atoms with Crippen molar-refractivity contribution in [3.63, 3.8) is 0 Å². The van der Waals surface area contributed by atoms with Crippen LogP contribution in [0.2, 0.25) is 0 Å². The number of nitrogens with zero attached hydrogens (tertiary/aromatic N) is 2. The zero-order valence-electron chi connectivity index (χ0n) is 9.28. The summed E-state index contributed by atoms with van der Waals surface area (Å²) in [6, 6.07) is 1.14. The van der Waals surface area contributed by atoms with E-state index in [1.807, 2.05) is 0 Å². The third kappa shape index (κ3) is 3.30. The van der Waals surface area contributed by atoms with E-state index in [9.17, 15) is 13.2 Å². The lowest BCUT2D eigenvalue weighted by Gasteiger charge is -2.13. The second-order valence-electron chi connectivity index (χ2n) is 3.60. The van der Waals surface area contributed by atoms with Crippen molar-refractivity contribution in [2.45, 2.75) is 12.2 Å². The number of nitrogens with two attached hydrogens (primary N) is 1. The average Bonchev–Trinajstić information content (AvgIpc) is 2.79. The molecule has 4 nitrogen and oxygen atoms in total. The molecule has 0 aromatic carbocycles. The first-order valence-corrected chi connectivity index (χ1v) is 6.62. The molecule has 0 aliphatic carbocycles. The van der Waals surface area contributed by atoms with Gasteiger partial charge >= 0.3 is 6.18 Å². The first-order valence-electron chi connectivity index (χ1n) is 5.01. The van der Waals surface area contributed by atoms with Crippen molar-refractivity contribution < 1.29 is 13.2 Å². The Morgan fingerprint density at radius 3 is 2.58 bits per heavy atom. The predicted molar refractivity (Wildman–Crippen MR) is 68.2 cm³/mol. The Morgan fingerprint density at radius 1 is 1.32 bits per heavy atom. The van der Waals surface area contributed by atoms with Crippen LogP contribution in [0.15, 0.2) is 29.1 Å². The Hall–Kier alpha value is -1.03. The number of alkyl halides is 3. The van der Waals surface area contributed by atoms with Gasteiger partial charge in [-0.2, -0.15) is 13.2 Å². The van der Waals surface area contributed by atoms with Crippen molar-refractivity contribution in [1.29, 1.82) is 0 Å². The zero-order chi connectivity index (χ0) is 14.0. The van der Waals surface area contributed by atoms with Crippen LogP contribution in [0.1, 0.15) is 21.5 Å². The maximum absolute atomic E-state index is 12.5. The second kappa shape index (κ2) is 5.53. The van der Waals surface area contributed by atoms with E-state index in [0.717, 1.165) is 0 Å². The smallest absolute Gasteiger partial charge is 0.271 e. The topological polar surface area (TPSA) is 63.8 Å². The van der Waals surface area contributed by atoms with Crippen LogP contribution in [-0.4, -0.2) is 9.97 Å². The summed E-state index contributed by atoms with van der Waals surface area (Å²) in [5, 5.41) is -0.897. The third-order valence-electron chi connectivity index (χ3n) is 2.28. The van der Waals surface area contributed by atoms with E-state index in [2.05, 4.69) is 31.3 Å². The predicted octanol–water partition coefficient (Wildman–Crippen LogP) is 2.87. The van der Waals surface area contributed by atoms with Crippen LogP contribution in [-0.2, 0) is 6.18 Å². The molecule has 3 N–H and O–H groups in total. The van der Waals surface area contributed by atoms with Crippen molar-refractivity contribution in [3.8, 4) is 0 Å². The number of pyridine rings is 1. The van der Waals surface area contributed by atoms with Gasteiger partial charge in [0.25, 0.3) is 0 Å². The van der Waals surface area contributed by atoms with Crippen LogP contribution < -0.4 is 11.3 Å². The molecule has 0 aliphatic heterocycles. The van der Waals surface area contributed by atoms with Gasteiger partial charge in [0.15, 0.2) is 5.01 Å². The van der Waals surface area contributed by atoms with E-state index in [1.54, 1.807) is 12.3 Å². The minimum Gasteiger partial charge on any atom is -0.271 e. The SMILES string of the molecule is NNC(c1cncc(Br)c1)c1cnc(C(F)(F)F)s1. The number of rotatable bonds is 3. The molecule has 2 aromatic heterocycles. The van der Waals surface area contributed by atoms with Crippen molar-refractivity contribution >= 4 is 27.3 Å². The van der Waals surface area contributed by atoms with Gasteiger partial charge < -0.3 is 0 Å². The maximum atomic E-state index is 12.5. The largest absolute Gasteiger partial charge is 0.443 e. The van der Waals surface area contributed by atoms with Gasteiger partial charge in [-0.3, -0.25) is 10.8 Å². The van der Waals surface area contributed by atoms with Crippen molar-refractivity contribution in [3.05, 3.63) is 44.6 Å². The van der Waals surface area contributed by atoms with Crippen LogP contribution in [0.4, 0.5) is 13.2 Å². The first kappa shape index (κ1) is 14.4. The molecule has 0 amide bonds. The lowest BCUT2D eigenvalue weighted by atomic mass is 10.1. The fourth-order valence-corrected chi connectivity index (χ4v) is 2.73. The van der Waals surface area contributed by atoms with Gasteiger partial charge in [0, 0.05) is 27.9 Å². The minimum absolute atomic E-state index is 0.370. The number of hydrogen-bond acceptors (Lipinski definition) is 5. The summed E-state index contributed by atoms with van der Waals surface area (Å²) in [6.45, 7) is 0. The van der Waals surface area contributed by atoms with Crippen molar-refractivity contribution in [2.24, 2.45) is 5.84 Å². The standard InChI is InChI=1S/C10H8BrF3N4S/c11-6-1-5(2-16-3-6)8(18-15)7-4-17-9(19-7)10(12,13)14/h1-4,8,18H,15H2. The molecule has 0 spiro atoms. The summed E-state index contributed by atoms with van der Waals surface area (Å²) >= 11 is 3.80. The monoisotopic (exact) mass is 352 g/mol. The van der Waals surface area contributed by atoms with Crippen molar-refractivity contribution in [2.75, 3.05) is 0 Å². The van der Waals surface area contributed by atoms with Crippen LogP contribution in [0.25, 0.3) is 0 Å². The van der Waals surface area contributed by atoms with Gasteiger partial charge in [-0.25, -0.2) is 10.4 Å². The number of hydrazine groups is 1. The Bertz CT molecular complexity index is 572. The van der Waals surface area contributed by atoms with Gasteiger partial charge in [0.2, 0.25) is 0 Å². The maximum Gasteiger partial charge on any atom is 0.443 e. The van der Waals surface area contributed by atoms with Gasteiger partial charge in [0.1, 0.15) is 0 Å². The normalized spacial score (nSPS) is 13.5. The highest BCUT2D eigenvalue weighted by Crippen LogP contribution is 2.35. The van der Waals surface area contributed by atoms with Gasteiger partial charge in [-0.15, -0.1) is 11.3 Å². The van der Waals surface area contributed by atoms with Crippen LogP contribution >= 0.6 is 27.3 Å². The number of hydrogen-bond donors (Lipinski definition) is 2. The number of nitrogens with one attached hydrogen (secondary N) is 1. The highest BCUT2D eigenvalue weighted by atomic mass is 79.9. The number of thiazole rings is 1. The van der Waals surface area contributed by atoms with Crippen molar-refractivity contribution in [1.82, 2.24) is 15.4 Å². The molecule has 2 rings (SSSR count). The summed E-state index contributed by atoms with van der Waals surface area (Å²) < 4.78 is 38.2. The molecular formula is C10H8BrF3N4S. The molecule has 102 valence electrons. The van der Waals surface area contributed by atoms with E-state index in [0.29, 0.717) is 26.3 Å². The zero-order valence-corrected chi connectivity index (χ0v) is 11.7. The molecule has 19 heavy (non-hydrogen) atoms. The molecule has 0 fully saturated rings. The lowest BCUT2D eigenvalue weighted by molar-refractivity contribution is -0.137. The first-order chi connectivity index (χ1) is 8.91. The Labute approximate surface area is 119 Å². The number of aromatic nitrogens is 2. The van der Waals surface area contributed by atoms with E-state index in [-0.39, 0.29) is 0 Å². The second-order valence-corrected chi connectivity index (χ2v) is 5.58. The minimum atomic E-state index is -4.45. The summed E-state index contributed by atoms with van der Waals surface area (Å²) in [5.74, 6) is 5.41. The summed E-state index contributed by atoms with van der Waals surface area (Å²) in [7, 11) is 0. The highest BCUT2D eigenvalue weighted by Gasteiger charge is 2.35. The van der Waals surface area contributed by atoms with Crippen LogP contribution in [0.3, 0.4) is 0 Å². The van der Waals surface area contributed by atoms with Gasteiger partial charge in [-0.05, 0) is 27.6 Å². The Balaban J connectivity index is 2.35. The van der Waals surface area contributed by atoms with Crippen LogP contribution in [0.5, 0.6) is 0 Å². The Kier molecular flexibility index (Phi) is 4.19. The van der Waals surface area contributed by atoms with E-state index in [1.165, 1.54) is 12.4 Å². The van der Waals surface area contributed by atoms with E-state index in [4.69, 9.17) is 5.84 Å². The van der Waals surface area contributed by atoms with Crippen LogP contribution in [0, 0.1) is 0 Å². The number of halogens is 4. The fourth-order valence-electron chi connectivity index (χ4n) is 1.48. The van der Waals surface area contributed by atoms with E-state index < -0.39 is 17.2 Å². The quantitative estimate of drug-likeness (QED) is 0.658. The lowest BCUT2D eigenvalue weighted by Crippen LogP contribution is -2.28. The fraction of sp³-hybridized carbons (Fsp3) is 0.200. The van der Waals surface area contributed by atoms with Gasteiger partial charge in [0.05, 0.1) is 6.04 Å². The summed E-state index contributed by atoms with van der Waals surface area (Å²) in [6.07, 6.45) is -0.177. The molecule has 2 heterocycles. The molecule has 0 saturated heterocycles. The van der Waals surface area contributed by atoms with E-state index >= 15 is 0 Å². The Morgan fingerprint density at radius 2 is 2.05 bits per heavy atom. The molecule has 9 heteroatoms. The third-order valence-corrected chi connectivity index (χ3v) is 3.82. The average molecular weight is 353 g/mol. The molecule has 0 radical (unpaired) electrons. The molecule has 1 unspecified atom stereocenters. The molecular weight excluding hydrogens is 345 g/mol. The summed E-state index contributed by atoms with van der Waals surface area (Å²) in [5.41, 5.74) is 3.12. The molecule has 0 bridgehead atoms. The van der Waals surface area contributed by atoms with Gasteiger partial charge in [-0.1, -0.05) is 0 Å². The molecule has 2 aromatic rings. The highest BCUT2D eigenvalue weighted by molar-refractivity contribution is 9.10. The molecule has 1 atom stereocenters. The summed E-state index contributed by atoms with van der Waals surface area (Å²) in [4.78, 5) is 7.69. The molecule has 0 aliphatic rings.